The van der Waals surface area contributed by atoms with Gasteiger partial charge in [-0.15, -0.1) is 0 Å². The number of rotatable bonds is 7. The maximum absolute atomic E-state index is 11.6. The van der Waals surface area contributed by atoms with E-state index < -0.39 is 0 Å². The maximum Gasteiger partial charge on any atom is 0.222 e. The Kier molecular flexibility index (Phi) is 6.29. The van der Waals surface area contributed by atoms with Gasteiger partial charge in [0, 0.05) is 13.0 Å². The average Bonchev–Trinajstić information content (AvgIpc) is 2.37. The van der Waals surface area contributed by atoms with Crippen LogP contribution in [0.5, 0.6) is 0 Å². The molecule has 0 aromatic heterocycles. The molecule has 0 bridgehead atoms. The Morgan fingerprint density at radius 2 is 2.12 bits per heavy atom. The zero-order chi connectivity index (χ0) is 12.5. The van der Waals surface area contributed by atoms with E-state index >= 15 is 0 Å². The van der Waals surface area contributed by atoms with E-state index in [1.807, 2.05) is 37.3 Å². The fourth-order valence-electron chi connectivity index (χ4n) is 1.50. The molecule has 0 radical (unpaired) electrons. The summed E-state index contributed by atoms with van der Waals surface area (Å²) in [5.74, 6) is -0.110. The van der Waals surface area contributed by atoms with Gasteiger partial charge < -0.3 is 15.2 Å². The van der Waals surface area contributed by atoms with Gasteiger partial charge in [-0.1, -0.05) is 30.3 Å². The molecule has 0 heterocycles. The van der Waals surface area contributed by atoms with Crippen molar-refractivity contribution in [2.45, 2.75) is 19.4 Å². The highest BCUT2D eigenvalue weighted by atomic mass is 16.5. The van der Waals surface area contributed by atoms with Gasteiger partial charge in [-0.05, 0) is 12.5 Å². The minimum absolute atomic E-state index is 0.107. The van der Waals surface area contributed by atoms with Crippen LogP contribution in [0, 0.1) is 0 Å². The second-order valence-electron chi connectivity index (χ2n) is 3.66. The van der Waals surface area contributed by atoms with E-state index in [-0.39, 0.29) is 18.6 Å². The number of carbonyl (C=O) groups is 1. The minimum Gasteiger partial charge on any atom is -0.394 e. The molecular formula is C13H19NO3. The Labute approximate surface area is 102 Å². The summed E-state index contributed by atoms with van der Waals surface area (Å²) in [6.45, 7) is 2.80. The maximum atomic E-state index is 11.6. The molecule has 0 aliphatic heterocycles. The molecule has 1 rings (SSSR count). The van der Waals surface area contributed by atoms with E-state index in [2.05, 4.69) is 5.32 Å². The van der Waals surface area contributed by atoms with Gasteiger partial charge in [0.2, 0.25) is 5.91 Å². The minimum atomic E-state index is -0.342. The van der Waals surface area contributed by atoms with Crippen LogP contribution in [0.15, 0.2) is 30.3 Å². The number of amides is 1. The zero-order valence-corrected chi connectivity index (χ0v) is 10.1. The Bertz CT molecular complexity index is 327. The Morgan fingerprint density at radius 1 is 1.41 bits per heavy atom. The normalized spacial score (nSPS) is 12.1. The molecule has 1 amide bonds. The molecule has 1 aromatic rings. The second-order valence-corrected chi connectivity index (χ2v) is 3.66. The summed E-state index contributed by atoms with van der Waals surface area (Å²) in [7, 11) is 0. The first kappa shape index (κ1) is 13.7. The van der Waals surface area contributed by atoms with Crippen LogP contribution in [0.2, 0.25) is 0 Å². The standard InChI is InChI=1S/C13H19NO3/c1-2-17-9-8-13(16)14-12(10-15)11-6-4-3-5-7-11/h3-7,12,15H,2,8-10H2,1H3,(H,14,16). The third-order valence-electron chi connectivity index (χ3n) is 2.40. The highest BCUT2D eigenvalue weighted by Gasteiger charge is 2.12. The van der Waals surface area contributed by atoms with Crippen LogP contribution in [0.25, 0.3) is 0 Å². The van der Waals surface area contributed by atoms with Crippen molar-refractivity contribution in [1.29, 1.82) is 0 Å². The third kappa shape index (κ3) is 4.97. The number of benzene rings is 1. The number of aliphatic hydroxyl groups is 1. The van der Waals surface area contributed by atoms with Gasteiger partial charge in [0.25, 0.3) is 0 Å². The molecule has 4 heteroatoms. The van der Waals surface area contributed by atoms with Crippen molar-refractivity contribution in [3.63, 3.8) is 0 Å². The SMILES string of the molecule is CCOCCC(=O)NC(CO)c1ccccc1. The lowest BCUT2D eigenvalue weighted by Crippen LogP contribution is -2.31. The second kappa shape index (κ2) is 7.81. The first-order chi connectivity index (χ1) is 8.27. The Balaban J connectivity index is 2.44. The molecule has 0 saturated heterocycles. The fraction of sp³-hybridized carbons (Fsp3) is 0.462. The molecule has 0 fully saturated rings. The molecule has 17 heavy (non-hydrogen) atoms. The summed E-state index contributed by atoms with van der Waals surface area (Å²) < 4.78 is 5.10. The van der Waals surface area contributed by atoms with Crippen LogP contribution in [-0.4, -0.2) is 30.8 Å². The van der Waals surface area contributed by atoms with Gasteiger partial charge in [0.15, 0.2) is 0 Å². The quantitative estimate of drug-likeness (QED) is 0.702. The van der Waals surface area contributed by atoms with Gasteiger partial charge in [-0.25, -0.2) is 0 Å². The molecule has 0 aliphatic carbocycles. The number of ether oxygens (including phenoxy) is 1. The van der Waals surface area contributed by atoms with Crippen molar-refractivity contribution in [3.05, 3.63) is 35.9 Å². The van der Waals surface area contributed by atoms with Crippen molar-refractivity contribution in [2.75, 3.05) is 19.8 Å². The summed E-state index contributed by atoms with van der Waals surface area (Å²) in [6.07, 6.45) is 0.317. The van der Waals surface area contributed by atoms with E-state index in [0.717, 1.165) is 5.56 Å². The predicted molar refractivity (Wildman–Crippen MR) is 65.5 cm³/mol. The molecule has 1 aromatic carbocycles. The van der Waals surface area contributed by atoms with E-state index in [9.17, 15) is 9.90 Å². The predicted octanol–water partition coefficient (Wildman–Crippen LogP) is 1.26. The first-order valence-electron chi connectivity index (χ1n) is 5.80. The van der Waals surface area contributed by atoms with Gasteiger partial charge in [0.1, 0.15) is 0 Å². The lowest BCUT2D eigenvalue weighted by molar-refractivity contribution is -0.123. The number of carbonyl (C=O) groups excluding carboxylic acids is 1. The fourth-order valence-corrected chi connectivity index (χ4v) is 1.50. The summed E-state index contributed by atoms with van der Waals surface area (Å²) in [4.78, 5) is 11.6. The number of aliphatic hydroxyl groups excluding tert-OH is 1. The van der Waals surface area contributed by atoms with Crippen LogP contribution < -0.4 is 5.32 Å². The average molecular weight is 237 g/mol. The van der Waals surface area contributed by atoms with Gasteiger partial charge >= 0.3 is 0 Å². The van der Waals surface area contributed by atoms with Crippen molar-refractivity contribution >= 4 is 5.91 Å². The molecule has 0 saturated carbocycles. The molecule has 2 N–H and O–H groups in total. The molecular weight excluding hydrogens is 218 g/mol. The zero-order valence-electron chi connectivity index (χ0n) is 10.1. The lowest BCUT2D eigenvalue weighted by atomic mass is 10.1. The number of nitrogens with one attached hydrogen (secondary N) is 1. The summed E-state index contributed by atoms with van der Waals surface area (Å²) >= 11 is 0. The van der Waals surface area contributed by atoms with Crippen LogP contribution in [0.1, 0.15) is 24.9 Å². The van der Waals surface area contributed by atoms with Gasteiger partial charge in [-0.2, -0.15) is 0 Å². The molecule has 1 atom stereocenters. The van der Waals surface area contributed by atoms with E-state index in [1.165, 1.54) is 0 Å². The van der Waals surface area contributed by atoms with Crippen molar-refractivity contribution < 1.29 is 14.6 Å². The number of hydrogen-bond donors (Lipinski definition) is 2. The van der Waals surface area contributed by atoms with Crippen LogP contribution in [0.4, 0.5) is 0 Å². The van der Waals surface area contributed by atoms with Crippen molar-refractivity contribution in [2.24, 2.45) is 0 Å². The monoisotopic (exact) mass is 237 g/mol. The Hall–Kier alpha value is -1.39. The van der Waals surface area contributed by atoms with E-state index in [4.69, 9.17) is 4.74 Å². The van der Waals surface area contributed by atoms with Crippen molar-refractivity contribution in [1.82, 2.24) is 5.32 Å². The molecule has 0 spiro atoms. The highest BCUT2D eigenvalue weighted by molar-refractivity contribution is 5.76. The Morgan fingerprint density at radius 3 is 2.71 bits per heavy atom. The largest absolute Gasteiger partial charge is 0.394 e. The summed E-state index contributed by atoms with van der Waals surface area (Å²) in [6, 6.07) is 9.07. The summed E-state index contributed by atoms with van der Waals surface area (Å²) in [5, 5.41) is 12.0. The van der Waals surface area contributed by atoms with Crippen molar-refractivity contribution in [3.8, 4) is 0 Å². The first-order valence-corrected chi connectivity index (χ1v) is 5.80. The molecule has 4 nitrogen and oxygen atoms in total. The summed E-state index contributed by atoms with van der Waals surface area (Å²) in [5.41, 5.74) is 0.903. The topological polar surface area (TPSA) is 58.6 Å². The third-order valence-corrected chi connectivity index (χ3v) is 2.40. The van der Waals surface area contributed by atoms with Crippen LogP contribution >= 0.6 is 0 Å². The molecule has 94 valence electrons. The van der Waals surface area contributed by atoms with Crippen LogP contribution in [-0.2, 0) is 9.53 Å². The lowest BCUT2D eigenvalue weighted by Gasteiger charge is -2.16. The van der Waals surface area contributed by atoms with E-state index in [1.54, 1.807) is 0 Å². The van der Waals surface area contributed by atoms with Crippen LogP contribution in [0.3, 0.4) is 0 Å². The smallest absolute Gasteiger partial charge is 0.222 e. The highest BCUT2D eigenvalue weighted by Crippen LogP contribution is 2.11. The van der Waals surface area contributed by atoms with Gasteiger partial charge in [0.05, 0.1) is 19.3 Å². The molecule has 0 aliphatic rings. The van der Waals surface area contributed by atoms with Gasteiger partial charge in [-0.3, -0.25) is 4.79 Å². The number of hydrogen-bond acceptors (Lipinski definition) is 3. The molecule has 1 unspecified atom stereocenters. The van der Waals surface area contributed by atoms with E-state index in [0.29, 0.717) is 19.6 Å².